The second-order valence-electron chi connectivity index (χ2n) is 8.24. The maximum absolute atomic E-state index is 14.2. The Morgan fingerprint density at radius 2 is 1.87 bits per heavy atom. The number of rotatable bonds is 5. The van der Waals surface area contributed by atoms with Crippen molar-refractivity contribution in [1.82, 2.24) is 19.8 Å². The number of aromatic nitrogens is 2. The van der Waals surface area contributed by atoms with Crippen LogP contribution in [-0.2, 0) is 12.6 Å². The summed E-state index contributed by atoms with van der Waals surface area (Å²) in [5.41, 5.74) is 0.460. The summed E-state index contributed by atoms with van der Waals surface area (Å²) in [6.45, 7) is 4.30. The number of piperazine rings is 1. The van der Waals surface area contributed by atoms with E-state index in [0.717, 1.165) is 55.4 Å². The van der Waals surface area contributed by atoms with Crippen molar-refractivity contribution in [3.05, 3.63) is 47.0 Å². The highest BCUT2D eigenvalue weighted by Crippen LogP contribution is 2.34. The van der Waals surface area contributed by atoms with Crippen LogP contribution in [0.3, 0.4) is 0 Å². The van der Waals surface area contributed by atoms with Crippen molar-refractivity contribution in [2.75, 3.05) is 63.6 Å². The molecular weight excluding hydrogens is 412 g/mol. The summed E-state index contributed by atoms with van der Waals surface area (Å²) in [4.78, 5) is 15.2. The third-order valence-corrected chi connectivity index (χ3v) is 5.87. The standard InChI is InChI=1S/C21H26F4N6/c1-29(2)12-18(14-3-4-16(17(22)11-14)21(23,24)25)30-7-9-31(10-8-30)20-15-5-6-26-19(15)27-13-28-20/h3-4,11,13,18H,5-10,12H2,1-2H3,(H,26,27,28). The summed E-state index contributed by atoms with van der Waals surface area (Å²) in [7, 11) is 3.81. The number of likely N-dealkylation sites (N-methyl/N-ethyl adjacent to an activating group) is 1. The van der Waals surface area contributed by atoms with E-state index in [1.165, 1.54) is 6.07 Å². The fourth-order valence-electron chi connectivity index (χ4n) is 4.36. The molecule has 31 heavy (non-hydrogen) atoms. The molecule has 0 radical (unpaired) electrons. The van der Waals surface area contributed by atoms with Crippen molar-refractivity contribution < 1.29 is 17.6 Å². The minimum Gasteiger partial charge on any atom is -0.369 e. The molecule has 0 aliphatic carbocycles. The van der Waals surface area contributed by atoms with Gasteiger partial charge in [0.05, 0.1) is 5.56 Å². The summed E-state index contributed by atoms with van der Waals surface area (Å²) < 4.78 is 53.1. The highest BCUT2D eigenvalue weighted by Gasteiger charge is 2.35. The maximum Gasteiger partial charge on any atom is 0.419 e. The molecule has 1 atom stereocenters. The van der Waals surface area contributed by atoms with Crippen LogP contribution >= 0.6 is 0 Å². The number of benzene rings is 1. The third-order valence-electron chi connectivity index (χ3n) is 5.87. The third kappa shape index (κ3) is 4.59. The van der Waals surface area contributed by atoms with Gasteiger partial charge in [-0.05, 0) is 38.2 Å². The normalized spacial score (nSPS) is 18.2. The van der Waals surface area contributed by atoms with Crippen LogP contribution in [0.5, 0.6) is 0 Å². The maximum atomic E-state index is 14.2. The fourth-order valence-corrected chi connectivity index (χ4v) is 4.36. The van der Waals surface area contributed by atoms with Crippen molar-refractivity contribution >= 4 is 11.6 Å². The summed E-state index contributed by atoms with van der Waals surface area (Å²) in [5.74, 6) is 0.606. The van der Waals surface area contributed by atoms with Gasteiger partial charge in [-0.1, -0.05) is 6.07 Å². The molecule has 2 aliphatic heterocycles. The van der Waals surface area contributed by atoms with Crippen LogP contribution in [0.25, 0.3) is 0 Å². The van der Waals surface area contributed by atoms with Crippen LogP contribution in [0.1, 0.15) is 22.7 Å². The number of anilines is 2. The first-order chi connectivity index (χ1) is 14.7. The van der Waals surface area contributed by atoms with Crippen LogP contribution < -0.4 is 10.2 Å². The van der Waals surface area contributed by atoms with Gasteiger partial charge in [0.15, 0.2) is 0 Å². The first kappa shape index (κ1) is 21.8. The molecule has 1 fully saturated rings. The van der Waals surface area contributed by atoms with E-state index in [1.54, 1.807) is 6.33 Å². The molecule has 10 heteroatoms. The lowest BCUT2D eigenvalue weighted by Crippen LogP contribution is -2.49. The topological polar surface area (TPSA) is 47.5 Å². The summed E-state index contributed by atoms with van der Waals surface area (Å²) in [6, 6.07) is 3.08. The van der Waals surface area contributed by atoms with Crippen LogP contribution in [0.4, 0.5) is 29.2 Å². The van der Waals surface area contributed by atoms with Crippen LogP contribution in [0.15, 0.2) is 24.5 Å². The molecule has 0 bridgehead atoms. The Morgan fingerprint density at radius 1 is 1.13 bits per heavy atom. The quantitative estimate of drug-likeness (QED) is 0.725. The first-order valence-electron chi connectivity index (χ1n) is 10.3. The lowest BCUT2D eigenvalue weighted by atomic mass is 10.0. The molecule has 1 N–H and O–H groups in total. The van der Waals surface area contributed by atoms with Crippen molar-refractivity contribution in [3.8, 4) is 0 Å². The van der Waals surface area contributed by atoms with Gasteiger partial charge in [-0.2, -0.15) is 13.2 Å². The Hall–Kier alpha value is -2.46. The van der Waals surface area contributed by atoms with E-state index in [2.05, 4.69) is 25.1 Å². The summed E-state index contributed by atoms with van der Waals surface area (Å²) >= 11 is 0. The molecule has 4 rings (SSSR count). The highest BCUT2D eigenvalue weighted by molar-refractivity contribution is 5.62. The van der Waals surface area contributed by atoms with Gasteiger partial charge in [0.1, 0.15) is 23.8 Å². The van der Waals surface area contributed by atoms with Gasteiger partial charge in [0, 0.05) is 50.9 Å². The van der Waals surface area contributed by atoms with Crippen molar-refractivity contribution in [2.45, 2.75) is 18.6 Å². The first-order valence-corrected chi connectivity index (χ1v) is 10.3. The SMILES string of the molecule is CN(C)CC(c1ccc(C(F)(F)F)c(F)c1)N1CCN(c2ncnc3c2CCN3)CC1. The predicted octanol–water partition coefficient (Wildman–Crippen LogP) is 3.03. The monoisotopic (exact) mass is 438 g/mol. The number of fused-ring (bicyclic) bond motifs is 1. The number of hydrogen-bond donors (Lipinski definition) is 1. The number of alkyl halides is 3. The number of nitrogens with zero attached hydrogens (tertiary/aromatic N) is 5. The lowest BCUT2D eigenvalue weighted by molar-refractivity contribution is -0.140. The van der Waals surface area contributed by atoms with Gasteiger partial charge >= 0.3 is 6.18 Å². The van der Waals surface area contributed by atoms with E-state index in [0.29, 0.717) is 25.2 Å². The highest BCUT2D eigenvalue weighted by atomic mass is 19.4. The summed E-state index contributed by atoms with van der Waals surface area (Å²) in [5, 5.41) is 3.26. The average molecular weight is 438 g/mol. The Balaban J connectivity index is 1.52. The van der Waals surface area contributed by atoms with E-state index in [9.17, 15) is 17.6 Å². The molecule has 168 valence electrons. The van der Waals surface area contributed by atoms with E-state index in [1.807, 2.05) is 19.0 Å². The molecule has 3 heterocycles. The van der Waals surface area contributed by atoms with E-state index in [-0.39, 0.29) is 6.04 Å². The smallest absolute Gasteiger partial charge is 0.369 e. The Morgan fingerprint density at radius 3 is 2.52 bits per heavy atom. The molecule has 2 aliphatic rings. The minimum absolute atomic E-state index is 0.202. The Kier molecular flexibility index (Phi) is 6.02. The van der Waals surface area contributed by atoms with Gasteiger partial charge in [0.2, 0.25) is 0 Å². The van der Waals surface area contributed by atoms with E-state index in [4.69, 9.17) is 0 Å². The lowest BCUT2D eigenvalue weighted by Gasteiger charge is -2.41. The van der Waals surface area contributed by atoms with E-state index >= 15 is 0 Å². The van der Waals surface area contributed by atoms with Crippen molar-refractivity contribution in [3.63, 3.8) is 0 Å². The van der Waals surface area contributed by atoms with Crippen LogP contribution in [-0.4, -0.2) is 73.1 Å². The molecule has 1 unspecified atom stereocenters. The van der Waals surface area contributed by atoms with Crippen molar-refractivity contribution in [2.24, 2.45) is 0 Å². The molecule has 0 saturated carbocycles. The van der Waals surface area contributed by atoms with Gasteiger partial charge in [-0.3, -0.25) is 4.90 Å². The molecule has 1 aromatic heterocycles. The number of nitrogens with one attached hydrogen (secondary N) is 1. The molecular formula is C21H26F4N6. The van der Waals surface area contributed by atoms with Gasteiger partial charge in [-0.25, -0.2) is 14.4 Å². The zero-order valence-electron chi connectivity index (χ0n) is 17.6. The van der Waals surface area contributed by atoms with Crippen molar-refractivity contribution in [1.29, 1.82) is 0 Å². The fraction of sp³-hybridized carbons (Fsp3) is 0.524. The zero-order valence-corrected chi connectivity index (χ0v) is 17.6. The molecule has 1 aromatic carbocycles. The second-order valence-corrected chi connectivity index (χ2v) is 8.24. The summed E-state index contributed by atoms with van der Waals surface area (Å²) in [6.07, 6.45) is -2.24. The van der Waals surface area contributed by atoms with Crippen LogP contribution in [0.2, 0.25) is 0 Å². The molecule has 6 nitrogen and oxygen atoms in total. The van der Waals surface area contributed by atoms with Gasteiger partial charge < -0.3 is 15.1 Å². The molecule has 0 spiro atoms. The largest absolute Gasteiger partial charge is 0.419 e. The van der Waals surface area contributed by atoms with Gasteiger partial charge in [-0.15, -0.1) is 0 Å². The molecule has 2 aromatic rings. The molecule has 0 amide bonds. The number of hydrogen-bond acceptors (Lipinski definition) is 6. The Bertz CT molecular complexity index is 925. The predicted molar refractivity (Wildman–Crippen MR) is 111 cm³/mol. The number of halogens is 4. The minimum atomic E-state index is -4.70. The van der Waals surface area contributed by atoms with E-state index < -0.39 is 17.6 Å². The Labute approximate surface area is 178 Å². The molecule has 1 saturated heterocycles. The van der Waals surface area contributed by atoms with Gasteiger partial charge in [0.25, 0.3) is 0 Å². The zero-order chi connectivity index (χ0) is 22.2. The average Bonchev–Trinajstić information content (AvgIpc) is 3.20. The second kappa shape index (κ2) is 8.58. The van der Waals surface area contributed by atoms with Crippen LogP contribution in [0, 0.1) is 5.82 Å².